The van der Waals surface area contributed by atoms with Crippen LogP contribution in [0.4, 0.5) is 0 Å². The molecular weight excluding hydrogens is 789 g/mol. The van der Waals surface area contributed by atoms with Crippen LogP contribution in [0.25, 0.3) is 116 Å². The maximum Gasteiger partial charge on any atom is 0.145 e. The van der Waals surface area contributed by atoms with Gasteiger partial charge in [0.1, 0.15) is 5.82 Å². The van der Waals surface area contributed by atoms with Gasteiger partial charge in [-0.3, -0.25) is 4.57 Å². The van der Waals surface area contributed by atoms with Crippen LogP contribution in [0.1, 0.15) is 0 Å². The molecular formula is C61H40N4. The van der Waals surface area contributed by atoms with Gasteiger partial charge in [0, 0.05) is 49.7 Å². The Labute approximate surface area is 376 Å². The first kappa shape index (κ1) is 36.9. The summed E-state index contributed by atoms with van der Waals surface area (Å²) in [5.41, 5.74) is 18.1. The second kappa shape index (κ2) is 15.0. The summed E-state index contributed by atoms with van der Waals surface area (Å²) in [6.45, 7) is 0. The highest BCUT2D eigenvalue weighted by molar-refractivity contribution is 6.11. The lowest BCUT2D eigenvalue weighted by Gasteiger charge is -2.13. The topological polar surface area (TPSA) is 27.7 Å². The summed E-state index contributed by atoms with van der Waals surface area (Å²) >= 11 is 0. The van der Waals surface area contributed by atoms with Crippen LogP contribution >= 0.6 is 0 Å². The number of hydrogen-bond acceptors (Lipinski definition) is 1. The lowest BCUT2D eigenvalue weighted by Crippen LogP contribution is -1.97. The second-order valence-corrected chi connectivity index (χ2v) is 16.8. The largest absolute Gasteiger partial charge is 0.309 e. The Morgan fingerprint density at radius 2 is 0.677 bits per heavy atom. The first-order chi connectivity index (χ1) is 32.2. The zero-order valence-electron chi connectivity index (χ0n) is 35.4. The Hall–Kier alpha value is -8.73. The average Bonchev–Trinajstić information content (AvgIpc) is 4.05. The predicted octanol–water partition coefficient (Wildman–Crippen LogP) is 15.9. The van der Waals surface area contributed by atoms with E-state index in [1.807, 2.05) is 0 Å². The number of imidazole rings is 1. The fraction of sp³-hybridized carbons (Fsp3) is 0. The minimum atomic E-state index is 0.924. The monoisotopic (exact) mass is 828 g/mol. The Bertz CT molecular complexity index is 3890. The van der Waals surface area contributed by atoms with Crippen molar-refractivity contribution in [2.24, 2.45) is 0 Å². The smallest absolute Gasteiger partial charge is 0.145 e. The van der Waals surface area contributed by atoms with E-state index in [2.05, 4.69) is 256 Å². The maximum atomic E-state index is 5.37. The molecule has 0 aliphatic rings. The molecule has 3 heterocycles. The molecule has 13 aromatic rings. The fourth-order valence-electron chi connectivity index (χ4n) is 10.1. The van der Waals surface area contributed by atoms with E-state index in [1.54, 1.807) is 0 Å². The number of fused-ring (bicyclic) bond motifs is 7. The van der Waals surface area contributed by atoms with E-state index in [4.69, 9.17) is 4.98 Å². The van der Waals surface area contributed by atoms with E-state index in [-0.39, 0.29) is 0 Å². The van der Waals surface area contributed by atoms with Crippen LogP contribution in [0.15, 0.2) is 243 Å². The van der Waals surface area contributed by atoms with Crippen LogP contribution in [0.2, 0.25) is 0 Å². The lowest BCUT2D eigenvalue weighted by atomic mass is 9.98. The van der Waals surface area contributed by atoms with E-state index in [1.165, 1.54) is 54.7 Å². The number of para-hydroxylation sites is 5. The highest BCUT2D eigenvalue weighted by Gasteiger charge is 2.19. The summed E-state index contributed by atoms with van der Waals surface area (Å²) in [6, 6.07) is 87.5. The molecule has 13 rings (SSSR count). The Balaban J connectivity index is 0.919. The molecule has 304 valence electrons. The first-order valence-electron chi connectivity index (χ1n) is 22.2. The normalized spacial score (nSPS) is 11.7. The van der Waals surface area contributed by atoms with Crippen LogP contribution < -0.4 is 0 Å². The van der Waals surface area contributed by atoms with Crippen molar-refractivity contribution >= 4 is 54.6 Å². The zero-order valence-corrected chi connectivity index (χ0v) is 35.4. The van der Waals surface area contributed by atoms with E-state index >= 15 is 0 Å². The van der Waals surface area contributed by atoms with E-state index in [9.17, 15) is 0 Å². The highest BCUT2D eigenvalue weighted by atomic mass is 15.1. The van der Waals surface area contributed by atoms with Crippen molar-refractivity contribution in [1.29, 1.82) is 0 Å². The Kier molecular flexibility index (Phi) is 8.50. The molecule has 10 aromatic carbocycles. The molecule has 4 heteroatoms. The zero-order chi connectivity index (χ0) is 42.8. The minimum Gasteiger partial charge on any atom is -0.309 e. The van der Waals surface area contributed by atoms with Crippen molar-refractivity contribution in [3.63, 3.8) is 0 Å². The third-order valence-corrected chi connectivity index (χ3v) is 13.0. The quantitative estimate of drug-likeness (QED) is 0.157. The predicted molar refractivity (Wildman–Crippen MR) is 271 cm³/mol. The second-order valence-electron chi connectivity index (χ2n) is 16.8. The minimum absolute atomic E-state index is 0.924. The first-order valence-corrected chi connectivity index (χ1v) is 22.2. The van der Waals surface area contributed by atoms with Gasteiger partial charge in [-0.1, -0.05) is 170 Å². The molecule has 0 aliphatic carbocycles. The Morgan fingerprint density at radius 1 is 0.246 bits per heavy atom. The van der Waals surface area contributed by atoms with E-state index < -0.39 is 0 Å². The lowest BCUT2D eigenvalue weighted by molar-refractivity contribution is 1.10. The van der Waals surface area contributed by atoms with Gasteiger partial charge < -0.3 is 9.13 Å². The summed E-state index contributed by atoms with van der Waals surface area (Å²) < 4.78 is 7.10. The number of nitrogens with zero attached hydrogens (tertiary/aromatic N) is 4. The molecule has 0 unspecified atom stereocenters. The Morgan fingerprint density at radius 3 is 1.31 bits per heavy atom. The molecule has 3 aromatic heterocycles. The summed E-state index contributed by atoms with van der Waals surface area (Å²) in [5.74, 6) is 0.924. The summed E-state index contributed by atoms with van der Waals surface area (Å²) in [7, 11) is 0. The average molecular weight is 829 g/mol. The molecule has 0 bridgehead atoms. The van der Waals surface area contributed by atoms with Crippen molar-refractivity contribution in [3.05, 3.63) is 243 Å². The molecule has 0 fully saturated rings. The molecule has 0 saturated carbocycles. The van der Waals surface area contributed by atoms with Crippen molar-refractivity contribution in [3.8, 4) is 61.8 Å². The van der Waals surface area contributed by atoms with Gasteiger partial charge >= 0.3 is 0 Å². The van der Waals surface area contributed by atoms with Gasteiger partial charge in [-0.05, 0) is 101 Å². The van der Waals surface area contributed by atoms with Crippen LogP contribution in [0.3, 0.4) is 0 Å². The molecule has 0 N–H and O–H groups in total. The third kappa shape index (κ3) is 6.03. The fourth-order valence-corrected chi connectivity index (χ4v) is 10.1. The summed E-state index contributed by atoms with van der Waals surface area (Å²) in [4.78, 5) is 5.37. The third-order valence-electron chi connectivity index (χ3n) is 13.0. The van der Waals surface area contributed by atoms with Gasteiger partial charge in [0.2, 0.25) is 0 Å². The van der Waals surface area contributed by atoms with Crippen molar-refractivity contribution in [1.82, 2.24) is 18.7 Å². The number of rotatable bonds is 7. The van der Waals surface area contributed by atoms with Gasteiger partial charge in [-0.25, -0.2) is 4.98 Å². The van der Waals surface area contributed by atoms with Gasteiger partial charge in [0.25, 0.3) is 0 Å². The van der Waals surface area contributed by atoms with Gasteiger partial charge in [0.05, 0.1) is 33.1 Å². The van der Waals surface area contributed by atoms with Crippen molar-refractivity contribution < 1.29 is 0 Å². The van der Waals surface area contributed by atoms with Crippen molar-refractivity contribution in [2.75, 3.05) is 0 Å². The number of hydrogen-bond donors (Lipinski definition) is 0. The molecule has 0 amide bonds. The SMILES string of the molecule is c1ccc(-c2nc3c(-c4cccc(-c5cccc(-n6c7ccccc7c7ccc(-c8cccc(-n9c%10ccccc%10c%10ccccc%109)c8)cc76)c5)c4)cccc3n2-c2ccccc2)cc1. The van der Waals surface area contributed by atoms with Crippen LogP contribution in [-0.4, -0.2) is 18.7 Å². The van der Waals surface area contributed by atoms with Crippen LogP contribution in [0.5, 0.6) is 0 Å². The molecule has 0 spiro atoms. The van der Waals surface area contributed by atoms with Crippen LogP contribution in [0, 0.1) is 0 Å². The molecule has 65 heavy (non-hydrogen) atoms. The standard InChI is InChI=1S/C61H40N4/c1-3-17-41(18-4-1)61-62-60-50(30-16-34-58(60)65(61)47-23-5-2-6-24-47)46-22-13-19-42(37-46)43-20-14-26-49(38-43)64-57-33-12-9-29-53(57)54-36-35-45(40-59(54)64)44-21-15-25-48(39-44)63-55-31-10-7-27-51(55)52-28-8-11-32-56(52)63/h1-40H. The molecule has 4 nitrogen and oxygen atoms in total. The van der Waals surface area contributed by atoms with Crippen molar-refractivity contribution in [2.45, 2.75) is 0 Å². The van der Waals surface area contributed by atoms with E-state index in [0.717, 1.165) is 61.7 Å². The molecule has 0 atom stereocenters. The molecule has 0 aliphatic heterocycles. The van der Waals surface area contributed by atoms with Gasteiger partial charge in [0.15, 0.2) is 0 Å². The van der Waals surface area contributed by atoms with E-state index in [0.29, 0.717) is 0 Å². The molecule has 0 radical (unpaired) electrons. The maximum absolute atomic E-state index is 5.37. The van der Waals surface area contributed by atoms with Gasteiger partial charge in [-0.2, -0.15) is 0 Å². The highest BCUT2D eigenvalue weighted by Crippen LogP contribution is 2.39. The van der Waals surface area contributed by atoms with Gasteiger partial charge in [-0.15, -0.1) is 0 Å². The number of benzene rings is 10. The van der Waals surface area contributed by atoms with Crippen LogP contribution in [-0.2, 0) is 0 Å². The molecule has 0 saturated heterocycles. The number of aromatic nitrogens is 4. The summed E-state index contributed by atoms with van der Waals surface area (Å²) in [5, 5.41) is 4.99. The summed E-state index contributed by atoms with van der Waals surface area (Å²) in [6.07, 6.45) is 0.